The van der Waals surface area contributed by atoms with Crippen molar-refractivity contribution in [1.29, 1.82) is 0 Å². The summed E-state index contributed by atoms with van der Waals surface area (Å²) >= 11 is 0. The summed E-state index contributed by atoms with van der Waals surface area (Å²) in [7, 11) is 3.56. The summed E-state index contributed by atoms with van der Waals surface area (Å²) in [6.07, 6.45) is 4.16. The quantitative estimate of drug-likeness (QED) is 0.656. The zero-order chi connectivity index (χ0) is 12.0. The van der Waals surface area contributed by atoms with Gasteiger partial charge in [0.05, 0.1) is 6.61 Å². The molecule has 0 fully saturated rings. The third-order valence-electron chi connectivity index (χ3n) is 2.57. The Hall–Kier alpha value is -0.910. The monoisotopic (exact) mass is 227 g/mol. The Morgan fingerprint density at radius 2 is 2.31 bits per heavy atom. The number of hydrogen-bond donors (Lipinski definition) is 2. The molecule has 5 nitrogen and oxygen atoms in total. The lowest BCUT2D eigenvalue weighted by molar-refractivity contribution is 0.0357. The Morgan fingerprint density at radius 1 is 1.56 bits per heavy atom. The average molecular weight is 227 g/mol. The molecule has 0 aliphatic carbocycles. The van der Waals surface area contributed by atoms with Crippen LogP contribution in [-0.4, -0.2) is 41.5 Å². The standard InChI is InChI=1S/C11H21N3O2/c1-11(15,4-5-12-7-9-16-3)10-13-6-8-14(10)2/h6,8,12,15H,4-5,7,9H2,1-3H3. The maximum Gasteiger partial charge on any atom is 0.140 e. The van der Waals surface area contributed by atoms with Crippen LogP contribution in [0.25, 0.3) is 0 Å². The van der Waals surface area contributed by atoms with Crippen molar-refractivity contribution in [2.75, 3.05) is 26.8 Å². The lowest BCUT2D eigenvalue weighted by Crippen LogP contribution is -2.31. The fourth-order valence-electron chi connectivity index (χ4n) is 1.63. The van der Waals surface area contributed by atoms with Crippen LogP contribution in [0, 0.1) is 0 Å². The topological polar surface area (TPSA) is 59.3 Å². The predicted molar refractivity (Wildman–Crippen MR) is 62.1 cm³/mol. The van der Waals surface area contributed by atoms with E-state index in [-0.39, 0.29) is 0 Å². The van der Waals surface area contributed by atoms with Crippen LogP contribution >= 0.6 is 0 Å². The molecular formula is C11H21N3O2. The summed E-state index contributed by atoms with van der Waals surface area (Å²) < 4.78 is 6.77. The molecule has 0 amide bonds. The van der Waals surface area contributed by atoms with Gasteiger partial charge in [-0.1, -0.05) is 0 Å². The number of imidazole rings is 1. The van der Waals surface area contributed by atoms with Crippen LogP contribution in [0.2, 0.25) is 0 Å². The van der Waals surface area contributed by atoms with Crippen LogP contribution in [0.4, 0.5) is 0 Å². The van der Waals surface area contributed by atoms with Crippen LogP contribution < -0.4 is 5.32 Å². The molecule has 0 saturated heterocycles. The van der Waals surface area contributed by atoms with E-state index in [2.05, 4.69) is 10.3 Å². The van der Waals surface area contributed by atoms with Gasteiger partial charge in [0.25, 0.3) is 0 Å². The molecule has 0 aliphatic rings. The van der Waals surface area contributed by atoms with Crippen molar-refractivity contribution in [2.24, 2.45) is 7.05 Å². The van der Waals surface area contributed by atoms with E-state index in [1.807, 2.05) is 17.8 Å². The van der Waals surface area contributed by atoms with Gasteiger partial charge < -0.3 is 19.7 Å². The first-order chi connectivity index (χ1) is 7.58. The molecule has 0 aromatic carbocycles. The highest BCUT2D eigenvalue weighted by Gasteiger charge is 2.26. The Morgan fingerprint density at radius 3 is 2.88 bits per heavy atom. The number of methoxy groups -OCH3 is 1. The molecule has 92 valence electrons. The van der Waals surface area contributed by atoms with Gasteiger partial charge in [-0.05, 0) is 19.9 Å². The first-order valence-corrected chi connectivity index (χ1v) is 5.48. The van der Waals surface area contributed by atoms with Crippen LogP contribution in [0.5, 0.6) is 0 Å². The van der Waals surface area contributed by atoms with Crippen molar-refractivity contribution in [3.05, 3.63) is 18.2 Å². The number of aryl methyl sites for hydroxylation is 1. The predicted octanol–water partition coefficient (Wildman–Crippen LogP) is 0.254. The lowest BCUT2D eigenvalue weighted by atomic mass is 10.0. The minimum atomic E-state index is -0.891. The van der Waals surface area contributed by atoms with Crippen molar-refractivity contribution in [3.63, 3.8) is 0 Å². The van der Waals surface area contributed by atoms with Crippen molar-refractivity contribution >= 4 is 0 Å². The van der Waals surface area contributed by atoms with Crippen molar-refractivity contribution in [2.45, 2.75) is 18.9 Å². The molecule has 1 aromatic heterocycles. The van der Waals surface area contributed by atoms with Crippen molar-refractivity contribution in [3.8, 4) is 0 Å². The third kappa shape index (κ3) is 3.59. The van der Waals surface area contributed by atoms with E-state index in [0.717, 1.165) is 13.1 Å². The first kappa shape index (κ1) is 13.2. The van der Waals surface area contributed by atoms with Crippen LogP contribution in [0.3, 0.4) is 0 Å². The van der Waals surface area contributed by atoms with E-state index < -0.39 is 5.60 Å². The van der Waals surface area contributed by atoms with E-state index in [4.69, 9.17) is 4.74 Å². The molecule has 0 aliphatic heterocycles. The number of nitrogens with one attached hydrogen (secondary N) is 1. The molecule has 1 heterocycles. The zero-order valence-corrected chi connectivity index (χ0v) is 10.2. The molecule has 2 N–H and O–H groups in total. The summed E-state index contributed by atoms with van der Waals surface area (Å²) in [6.45, 7) is 4.01. The summed E-state index contributed by atoms with van der Waals surface area (Å²) in [5.74, 6) is 0.695. The van der Waals surface area contributed by atoms with Crippen LogP contribution in [-0.2, 0) is 17.4 Å². The van der Waals surface area contributed by atoms with E-state index in [1.165, 1.54) is 0 Å². The smallest absolute Gasteiger partial charge is 0.140 e. The highest BCUT2D eigenvalue weighted by molar-refractivity contribution is 5.02. The Labute approximate surface area is 96.4 Å². The molecule has 0 saturated carbocycles. The van der Waals surface area contributed by atoms with E-state index in [0.29, 0.717) is 18.9 Å². The minimum Gasteiger partial charge on any atom is -0.383 e. The molecule has 1 aromatic rings. The SMILES string of the molecule is COCCNCCC(C)(O)c1nccn1C. The second kappa shape index (κ2) is 5.98. The summed E-state index contributed by atoms with van der Waals surface area (Å²) in [5, 5.41) is 13.5. The van der Waals surface area contributed by atoms with Gasteiger partial charge in [-0.2, -0.15) is 0 Å². The van der Waals surface area contributed by atoms with Gasteiger partial charge >= 0.3 is 0 Å². The first-order valence-electron chi connectivity index (χ1n) is 5.48. The van der Waals surface area contributed by atoms with Crippen LogP contribution in [0.1, 0.15) is 19.2 Å². The summed E-state index contributed by atoms with van der Waals surface area (Å²) in [6, 6.07) is 0. The summed E-state index contributed by atoms with van der Waals surface area (Å²) in [4.78, 5) is 4.16. The normalized spacial score (nSPS) is 15.0. The van der Waals surface area contributed by atoms with Gasteiger partial charge in [-0.15, -0.1) is 0 Å². The van der Waals surface area contributed by atoms with Gasteiger partial charge in [0.2, 0.25) is 0 Å². The van der Waals surface area contributed by atoms with Gasteiger partial charge in [-0.3, -0.25) is 0 Å². The van der Waals surface area contributed by atoms with E-state index in [9.17, 15) is 5.11 Å². The molecule has 0 radical (unpaired) electrons. The number of hydrogen-bond acceptors (Lipinski definition) is 4. The number of aliphatic hydroxyl groups is 1. The minimum absolute atomic E-state index is 0.627. The number of nitrogens with zero attached hydrogens (tertiary/aromatic N) is 2. The van der Waals surface area contributed by atoms with E-state index in [1.54, 1.807) is 20.2 Å². The van der Waals surface area contributed by atoms with Gasteiger partial charge in [0, 0.05) is 33.1 Å². The number of ether oxygens (including phenoxy) is 1. The zero-order valence-electron chi connectivity index (χ0n) is 10.2. The maximum atomic E-state index is 10.3. The van der Waals surface area contributed by atoms with Gasteiger partial charge in [0.15, 0.2) is 0 Å². The van der Waals surface area contributed by atoms with Gasteiger partial charge in [-0.25, -0.2) is 4.98 Å². The van der Waals surface area contributed by atoms with E-state index >= 15 is 0 Å². The third-order valence-corrected chi connectivity index (χ3v) is 2.57. The average Bonchev–Trinajstić information content (AvgIpc) is 2.65. The highest BCUT2D eigenvalue weighted by Crippen LogP contribution is 2.21. The number of aromatic nitrogens is 2. The Balaban J connectivity index is 2.37. The maximum absolute atomic E-state index is 10.3. The van der Waals surface area contributed by atoms with Crippen molar-refractivity contribution < 1.29 is 9.84 Å². The molecule has 0 spiro atoms. The highest BCUT2D eigenvalue weighted by atomic mass is 16.5. The molecule has 5 heteroatoms. The molecule has 1 unspecified atom stereocenters. The van der Waals surface area contributed by atoms with Crippen molar-refractivity contribution in [1.82, 2.24) is 14.9 Å². The second-order valence-electron chi connectivity index (χ2n) is 4.13. The lowest BCUT2D eigenvalue weighted by Gasteiger charge is -2.22. The fourth-order valence-corrected chi connectivity index (χ4v) is 1.63. The number of rotatable bonds is 7. The van der Waals surface area contributed by atoms with Gasteiger partial charge in [0.1, 0.15) is 11.4 Å². The molecule has 0 bridgehead atoms. The molecular weight excluding hydrogens is 206 g/mol. The largest absolute Gasteiger partial charge is 0.383 e. The Bertz CT molecular complexity index is 310. The molecule has 16 heavy (non-hydrogen) atoms. The fraction of sp³-hybridized carbons (Fsp3) is 0.727. The Kier molecular flexibility index (Phi) is 4.92. The molecule has 1 atom stereocenters. The molecule has 1 rings (SSSR count). The summed E-state index contributed by atoms with van der Waals surface area (Å²) in [5.41, 5.74) is -0.891. The van der Waals surface area contributed by atoms with Crippen LogP contribution in [0.15, 0.2) is 12.4 Å². The second-order valence-corrected chi connectivity index (χ2v) is 4.13.